The Morgan fingerprint density at radius 2 is 1.80 bits per heavy atom. The van der Waals surface area contributed by atoms with Gasteiger partial charge in [0.25, 0.3) is 0 Å². The van der Waals surface area contributed by atoms with Gasteiger partial charge in [-0.1, -0.05) is 24.3 Å². The molecule has 6 heteroatoms. The highest BCUT2D eigenvalue weighted by atomic mass is 32.2. The highest BCUT2D eigenvalue weighted by molar-refractivity contribution is 7.89. The molecule has 106 valence electrons. The Kier molecular flexibility index (Phi) is 3.16. The molecule has 2 heterocycles. The van der Waals surface area contributed by atoms with Gasteiger partial charge >= 0.3 is 0 Å². The molecule has 0 amide bonds. The fourth-order valence-electron chi connectivity index (χ4n) is 2.54. The van der Waals surface area contributed by atoms with Crippen LogP contribution < -0.4 is 5.73 Å². The largest absolute Gasteiger partial charge is 0.352 e. The Labute approximate surface area is 118 Å². The van der Waals surface area contributed by atoms with Crippen LogP contribution in [0.3, 0.4) is 0 Å². The summed E-state index contributed by atoms with van der Waals surface area (Å²) in [6.45, 7) is 1.20. The van der Waals surface area contributed by atoms with Crippen molar-refractivity contribution in [2.24, 2.45) is 12.8 Å². The zero-order valence-electron chi connectivity index (χ0n) is 11.3. The third-order valence-electron chi connectivity index (χ3n) is 3.74. The topological polar surface area (TPSA) is 68.3 Å². The minimum atomic E-state index is -3.46. The molecule has 0 aliphatic carbocycles. The molecule has 1 aromatic heterocycles. The Hall–Kier alpha value is -1.63. The number of fused-ring (bicyclic) bond motifs is 1. The van der Waals surface area contributed by atoms with Crippen LogP contribution in [0.5, 0.6) is 0 Å². The monoisotopic (exact) mass is 291 g/mol. The van der Waals surface area contributed by atoms with Crippen LogP contribution in [0.2, 0.25) is 0 Å². The van der Waals surface area contributed by atoms with E-state index in [2.05, 4.69) is 0 Å². The number of sulfonamides is 1. The van der Waals surface area contributed by atoms with Crippen LogP contribution in [0.25, 0.3) is 0 Å². The first-order valence-electron chi connectivity index (χ1n) is 6.44. The molecule has 0 radical (unpaired) electrons. The molecule has 0 saturated carbocycles. The number of nitrogens with two attached hydrogens (primary N) is 1. The molecule has 1 aromatic carbocycles. The quantitative estimate of drug-likeness (QED) is 0.923. The van der Waals surface area contributed by atoms with Crippen molar-refractivity contribution in [3.63, 3.8) is 0 Å². The summed E-state index contributed by atoms with van der Waals surface area (Å²) < 4.78 is 28.6. The van der Waals surface area contributed by atoms with E-state index in [-0.39, 0.29) is 0 Å². The number of hydrogen-bond donors (Lipinski definition) is 1. The standard InChI is InChI=1S/C14H17N3O2S/c1-16-10-14(6-13(16)7-15)20(18,19)17-8-11-4-2-3-5-12(11)9-17/h2-6,10H,7-9,15H2,1H3. The fourth-order valence-corrected chi connectivity index (χ4v) is 4.03. The van der Waals surface area contributed by atoms with Crippen LogP contribution in [0.4, 0.5) is 0 Å². The average Bonchev–Trinajstić information content (AvgIpc) is 3.02. The van der Waals surface area contributed by atoms with E-state index in [1.807, 2.05) is 24.3 Å². The lowest BCUT2D eigenvalue weighted by Crippen LogP contribution is -2.25. The molecule has 3 rings (SSSR count). The maximum Gasteiger partial charge on any atom is 0.245 e. The predicted molar refractivity (Wildman–Crippen MR) is 76.2 cm³/mol. The van der Waals surface area contributed by atoms with Gasteiger partial charge in [0.05, 0.1) is 0 Å². The SMILES string of the molecule is Cn1cc(S(=O)(=O)N2Cc3ccccc3C2)cc1CN. The molecule has 1 aliphatic heterocycles. The van der Waals surface area contributed by atoms with Crippen LogP contribution in [0, 0.1) is 0 Å². The second kappa shape index (κ2) is 4.73. The average molecular weight is 291 g/mol. The van der Waals surface area contributed by atoms with Gasteiger partial charge in [-0.15, -0.1) is 0 Å². The molecule has 20 heavy (non-hydrogen) atoms. The summed E-state index contributed by atoms with van der Waals surface area (Å²) in [4.78, 5) is 0.313. The minimum absolute atomic E-state index is 0.313. The van der Waals surface area contributed by atoms with Crippen LogP contribution in [-0.4, -0.2) is 17.3 Å². The summed E-state index contributed by atoms with van der Waals surface area (Å²) in [6, 6.07) is 9.47. The summed E-state index contributed by atoms with van der Waals surface area (Å²) in [5, 5.41) is 0. The predicted octanol–water partition coefficient (Wildman–Crippen LogP) is 1.19. The van der Waals surface area contributed by atoms with Crippen molar-refractivity contribution >= 4 is 10.0 Å². The summed E-state index contributed by atoms with van der Waals surface area (Å²) in [6.07, 6.45) is 1.63. The zero-order valence-corrected chi connectivity index (χ0v) is 12.1. The second-order valence-electron chi connectivity index (χ2n) is 5.02. The van der Waals surface area contributed by atoms with Crippen LogP contribution in [-0.2, 0) is 36.7 Å². The van der Waals surface area contributed by atoms with Crippen LogP contribution in [0.15, 0.2) is 41.4 Å². The molecular weight excluding hydrogens is 274 g/mol. The summed E-state index contributed by atoms with van der Waals surface area (Å²) >= 11 is 0. The lowest BCUT2D eigenvalue weighted by Gasteiger charge is -2.14. The first kappa shape index (κ1) is 13.4. The van der Waals surface area contributed by atoms with Crippen molar-refractivity contribution in [2.45, 2.75) is 24.5 Å². The van der Waals surface area contributed by atoms with Gasteiger partial charge in [-0.05, 0) is 17.2 Å². The van der Waals surface area contributed by atoms with E-state index < -0.39 is 10.0 Å². The Morgan fingerprint density at radius 3 is 2.30 bits per heavy atom. The first-order valence-corrected chi connectivity index (χ1v) is 7.88. The van der Waals surface area contributed by atoms with Crippen LogP contribution in [0.1, 0.15) is 16.8 Å². The summed E-state index contributed by atoms with van der Waals surface area (Å²) in [5.74, 6) is 0. The number of aryl methyl sites for hydroxylation is 1. The highest BCUT2D eigenvalue weighted by Crippen LogP contribution is 2.28. The van der Waals surface area contributed by atoms with Gasteiger partial charge in [0, 0.05) is 38.6 Å². The van der Waals surface area contributed by atoms with Gasteiger partial charge in [0.1, 0.15) is 4.90 Å². The van der Waals surface area contributed by atoms with Gasteiger partial charge in [-0.3, -0.25) is 0 Å². The van der Waals surface area contributed by atoms with Crippen molar-refractivity contribution in [3.8, 4) is 0 Å². The summed E-state index contributed by atoms with van der Waals surface area (Å²) in [7, 11) is -1.66. The van der Waals surface area contributed by atoms with E-state index in [1.165, 1.54) is 4.31 Å². The molecular formula is C14H17N3O2S. The minimum Gasteiger partial charge on any atom is -0.352 e. The summed E-state index contributed by atoms with van der Waals surface area (Å²) in [5.41, 5.74) is 8.56. The molecule has 0 spiro atoms. The molecule has 1 aliphatic rings. The second-order valence-corrected chi connectivity index (χ2v) is 6.96. The van der Waals surface area contributed by atoms with E-state index in [0.29, 0.717) is 24.5 Å². The smallest absolute Gasteiger partial charge is 0.245 e. The third-order valence-corrected chi connectivity index (χ3v) is 5.50. The van der Waals surface area contributed by atoms with E-state index >= 15 is 0 Å². The van der Waals surface area contributed by atoms with Gasteiger partial charge in [-0.25, -0.2) is 8.42 Å². The van der Waals surface area contributed by atoms with Crippen LogP contribution >= 0.6 is 0 Å². The van der Waals surface area contributed by atoms with Crippen molar-refractivity contribution in [1.82, 2.24) is 8.87 Å². The van der Waals surface area contributed by atoms with E-state index in [9.17, 15) is 8.42 Å². The van der Waals surface area contributed by atoms with Gasteiger partial charge < -0.3 is 10.3 Å². The zero-order chi connectivity index (χ0) is 14.3. The molecule has 0 fully saturated rings. The van der Waals surface area contributed by atoms with Crippen molar-refractivity contribution in [1.29, 1.82) is 0 Å². The van der Waals surface area contributed by atoms with Gasteiger partial charge in [0.2, 0.25) is 10.0 Å². The maximum atomic E-state index is 12.7. The molecule has 0 saturated heterocycles. The van der Waals surface area contributed by atoms with Gasteiger partial charge in [-0.2, -0.15) is 4.31 Å². The maximum absolute atomic E-state index is 12.7. The molecule has 0 atom stereocenters. The normalized spacial score (nSPS) is 15.5. The Balaban J connectivity index is 1.94. The number of hydrogen-bond acceptors (Lipinski definition) is 3. The lowest BCUT2D eigenvalue weighted by atomic mass is 10.1. The van der Waals surface area contributed by atoms with Crippen molar-refractivity contribution < 1.29 is 8.42 Å². The van der Waals surface area contributed by atoms with Crippen molar-refractivity contribution in [3.05, 3.63) is 53.3 Å². The third kappa shape index (κ3) is 2.06. The number of aromatic nitrogens is 1. The van der Waals surface area contributed by atoms with Gasteiger partial charge in [0.15, 0.2) is 0 Å². The number of rotatable bonds is 3. The number of nitrogens with zero attached hydrogens (tertiary/aromatic N) is 2. The molecule has 0 bridgehead atoms. The highest BCUT2D eigenvalue weighted by Gasteiger charge is 2.31. The Morgan fingerprint density at radius 1 is 1.20 bits per heavy atom. The molecule has 2 aromatic rings. The van der Waals surface area contributed by atoms with E-state index in [0.717, 1.165) is 16.8 Å². The first-order chi connectivity index (χ1) is 9.52. The lowest BCUT2D eigenvalue weighted by molar-refractivity contribution is 0.431. The molecule has 2 N–H and O–H groups in total. The van der Waals surface area contributed by atoms with E-state index in [1.54, 1.807) is 23.9 Å². The molecule has 5 nitrogen and oxygen atoms in total. The van der Waals surface area contributed by atoms with E-state index in [4.69, 9.17) is 5.73 Å². The Bertz CT molecular complexity index is 725. The van der Waals surface area contributed by atoms with Crippen molar-refractivity contribution in [2.75, 3.05) is 0 Å². The fraction of sp³-hybridized carbons (Fsp3) is 0.286. The molecule has 0 unspecified atom stereocenters. The number of benzene rings is 1.